The number of anilines is 5. The molecule has 3 aromatic carbocycles. The molecule has 1 aromatic heterocycles. The first-order valence-electron chi connectivity index (χ1n) is 14.0. The zero-order valence-corrected chi connectivity index (χ0v) is 26.2. The van der Waals surface area contributed by atoms with E-state index in [2.05, 4.69) is 51.0 Å². The molecule has 2 amide bonds. The highest BCUT2D eigenvalue weighted by atomic mass is 32.2. The summed E-state index contributed by atoms with van der Waals surface area (Å²) in [7, 11) is -2.34. The van der Waals surface area contributed by atoms with Gasteiger partial charge in [0.2, 0.25) is 5.95 Å². The molecule has 13 heteroatoms. The second-order valence-electron chi connectivity index (χ2n) is 10.3. The lowest BCUT2D eigenvalue weighted by Gasteiger charge is -2.17. The van der Waals surface area contributed by atoms with Crippen molar-refractivity contribution < 1.29 is 27.3 Å². The SMILES string of the molecule is C=S(C)(=O)c1ccc(Nc2ncc(-c3ccc(NC(=O)Nc4cccc(C(F)(F)F)c4)cc3)c(N[C@H](C)CO)n2)cc1.CCC. The van der Waals surface area contributed by atoms with E-state index in [1.807, 2.05) is 0 Å². The van der Waals surface area contributed by atoms with Gasteiger partial charge in [-0.3, -0.25) is 4.21 Å². The van der Waals surface area contributed by atoms with Gasteiger partial charge in [0.1, 0.15) is 5.82 Å². The third-order valence-electron chi connectivity index (χ3n) is 5.96. The third kappa shape index (κ3) is 10.5. The average molecular weight is 643 g/mol. The molecule has 0 fully saturated rings. The molecule has 1 heterocycles. The van der Waals surface area contributed by atoms with Crippen LogP contribution in [0.25, 0.3) is 11.1 Å². The summed E-state index contributed by atoms with van der Waals surface area (Å²) < 4.78 is 51.0. The van der Waals surface area contributed by atoms with Crippen molar-refractivity contribution in [2.45, 2.75) is 44.3 Å². The molecule has 2 atom stereocenters. The maximum Gasteiger partial charge on any atom is 0.416 e. The molecule has 0 aliphatic carbocycles. The quantitative estimate of drug-likeness (QED) is 0.120. The van der Waals surface area contributed by atoms with Gasteiger partial charge < -0.3 is 26.4 Å². The molecule has 9 nitrogen and oxygen atoms in total. The van der Waals surface area contributed by atoms with Gasteiger partial charge in [-0.2, -0.15) is 18.2 Å². The van der Waals surface area contributed by atoms with E-state index in [4.69, 9.17) is 0 Å². The van der Waals surface area contributed by atoms with Gasteiger partial charge in [-0.1, -0.05) is 38.5 Å². The number of hydrogen-bond acceptors (Lipinski definition) is 7. The minimum absolute atomic E-state index is 0.00168. The van der Waals surface area contributed by atoms with E-state index in [-0.39, 0.29) is 24.3 Å². The van der Waals surface area contributed by atoms with Crippen molar-refractivity contribution in [3.8, 4) is 11.1 Å². The van der Waals surface area contributed by atoms with Crippen molar-refractivity contribution in [1.29, 1.82) is 0 Å². The van der Waals surface area contributed by atoms with Gasteiger partial charge in [-0.05, 0) is 82.5 Å². The fourth-order valence-corrected chi connectivity index (χ4v) is 4.51. The number of benzene rings is 3. The maximum atomic E-state index is 12.9. The van der Waals surface area contributed by atoms with Crippen LogP contribution in [-0.2, 0) is 15.7 Å². The Morgan fingerprint density at radius 2 is 1.58 bits per heavy atom. The predicted molar refractivity (Wildman–Crippen MR) is 177 cm³/mol. The van der Waals surface area contributed by atoms with Gasteiger partial charge in [-0.25, -0.2) is 9.78 Å². The fraction of sp³-hybridized carbons (Fsp3) is 0.250. The number of aliphatic hydroxyl groups excluding tert-OH is 1. The van der Waals surface area contributed by atoms with Crippen LogP contribution in [0.3, 0.4) is 0 Å². The molecule has 1 unspecified atom stereocenters. The number of carbonyl (C=O) groups excluding carboxylic acids is 1. The molecule has 0 saturated carbocycles. The summed E-state index contributed by atoms with van der Waals surface area (Å²) in [6.07, 6.45) is -0.103. The van der Waals surface area contributed by atoms with Crippen LogP contribution in [0.5, 0.6) is 0 Å². The summed E-state index contributed by atoms with van der Waals surface area (Å²) >= 11 is 0. The highest BCUT2D eigenvalue weighted by molar-refractivity contribution is 7.99. The highest BCUT2D eigenvalue weighted by Crippen LogP contribution is 2.31. The number of carbonyl (C=O) groups is 1. The predicted octanol–water partition coefficient (Wildman–Crippen LogP) is 7.46. The van der Waals surface area contributed by atoms with Crippen molar-refractivity contribution in [2.24, 2.45) is 0 Å². The van der Waals surface area contributed by atoms with Gasteiger partial charge in [0, 0.05) is 46.0 Å². The van der Waals surface area contributed by atoms with Crippen molar-refractivity contribution in [2.75, 3.05) is 34.1 Å². The molecule has 0 bridgehead atoms. The Morgan fingerprint density at radius 3 is 2.16 bits per heavy atom. The number of aliphatic hydroxyl groups is 1. The van der Waals surface area contributed by atoms with E-state index in [9.17, 15) is 27.3 Å². The lowest BCUT2D eigenvalue weighted by Crippen LogP contribution is -2.21. The Morgan fingerprint density at radius 1 is 0.978 bits per heavy atom. The van der Waals surface area contributed by atoms with Gasteiger partial charge >= 0.3 is 12.2 Å². The van der Waals surface area contributed by atoms with Gasteiger partial charge in [0.05, 0.1) is 12.2 Å². The number of nitrogens with zero attached hydrogens (tertiary/aromatic N) is 2. The van der Waals surface area contributed by atoms with Gasteiger partial charge in [-0.15, -0.1) is 0 Å². The van der Waals surface area contributed by atoms with Crippen LogP contribution in [-0.4, -0.2) is 50.1 Å². The monoisotopic (exact) mass is 642 g/mol. The van der Waals surface area contributed by atoms with Crippen LogP contribution in [0.15, 0.2) is 83.9 Å². The number of hydrogen-bond donors (Lipinski definition) is 5. The lowest BCUT2D eigenvalue weighted by molar-refractivity contribution is -0.137. The Bertz CT molecular complexity index is 1680. The largest absolute Gasteiger partial charge is 0.416 e. The zero-order valence-electron chi connectivity index (χ0n) is 25.4. The van der Waals surface area contributed by atoms with E-state index in [0.29, 0.717) is 33.2 Å². The molecule has 0 aliphatic rings. The fourth-order valence-electron chi connectivity index (χ4n) is 3.80. The van der Waals surface area contributed by atoms with E-state index < -0.39 is 27.3 Å². The summed E-state index contributed by atoms with van der Waals surface area (Å²) in [6, 6.07) is 17.0. The average Bonchev–Trinajstić information content (AvgIpc) is 2.98. The van der Waals surface area contributed by atoms with Crippen LogP contribution >= 0.6 is 0 Å². The van der Waals surface area contributed by atoms with Crippen LogP contribution in [0.4, 0.5) is 46.8 Å². The Hall–Kier alpha value is -4.62. The summed E-state index contributed by atoms with van der Waals surface area (Å²) in [5.41, 5.74) is 1.54. The van der Waals surface area contributed by atoms with Crippen molar-refractivity contribution in [1.82, 2.24) is 9.97 Å². The van der Waals surface area contributed by atoms with Crippen LogP contribution in [0, 0.1) is 0 Å². The second-order valence-corrected chi connectivity index (χ2v) is 12.8. The first-order chi connectivity index (χ1) is 21.2. The van der Waals surface area contributed by atoms with E-state index >= 15 is 0 Å². The molecular formula is C32H37F3N6O3S. The van der Waals surface area contributed by atoms with Crippen LogP contribution in [0.2, 0.25) is 0 Å². The van der Waals surface area contributed by atoms with Gasteiger partial charge in [0.15, 0.2) is 0 Å². The minimum Gasteiger partial charge on any atom is -0.394 e. The molecule has 4 rings (SSSR count). The molecular weight excluding hydrogens is 605 g/mol. The summed E-state index contributed by atoms with van der Waals surface area (Å²) in [6.45, 7) is 5.90. The molecule has 0 aliphatic heterocycles. The van der Waals surface area contributed by atoms with E-state index in [0.717, 1.165) is 12.1 Å². The smallest absolute Gasteiger partial charge is 0.394 e. The number of halogens is 3. The van der Waals surface area contributed by atoms with Crippen LogP contribution in [0.1, 0.15) is 32.8 Å². The number of alkyl halides is 3. The molecule has 0 radical (unpaired) electrons. The Labute approximate surface area is 261 Å². The lowest BCUT2D eigenvalue weighted by atomic mass is 10.1. The maximum absolute atomic E-state index is 12.9. The number of rotatable bonds is 9. The van der Waals surface area contributed by atoms with Crippen molar-refractivity contribution in [3.63, 3.8) is 0 Å². The standard InChI is InChI=1S/C29H29F3N6O3S.C3H8/c1-18(17-39)34-26-25(16-33-27(38-26)35-21-11-13-24(14-12-21)42(2,3)41)19-7-9-22(10-8-19)36-28(40)37-23-6-4-5-20(15-23)29(30,31)32;1-3-2/h4-16,18,39H,2,17H2,1,3H3,(H2,36,37,40)(H2,33,34,35,38);3H2,1-2H3/t18-,42?;/m1./s1. The van der Waals surface area contributed by atoms with Crippen LogP contribution < -0.4 is 21.3 Å². The number of amides is 2. The Balaban J connectivity index is 0.00000177. The van der Waals surface area contributed by atoms with E-state index in [1.165, 1.54) is 18.6 Å². The summed E-state index contributed by atoms with van der Waals surface area (Å²) in [5, 5.41) is 20.8. The molecule has 4 aromatic rings. The first-order valence-corrected chi connectivity index (χ1v) is 16.2. The van der Waals surface area contributed by atoms with Gasteiger partial charge in [0.25, 0.3) is 0 Å². The molecule has 0 saturated heterocycles. The molecule has 240 valence electrons. The summed E-state index contributed by atoms with van der Waals surface area (Å²) in [4.78, 5) is 22.0. The Kier molecular flexibility index (Phi) is 11.9. The van der Waals surface area contributed by atoms with E-state index in [1.54, 1.807) is 67.9 Å². The zero-order chi connectivity index (χ0) is 33.2. The minimum atomic E-state index is -4.52. The van der Waals surface area contributed by atoms with Crippen molar-refractivity contribution >= 4 is 50.3 Å². The first kappa shape index (κ1) is 34.9. The number of urea groups is 1. The molecule has 5 N–H and O–H groups in total. The third-order valence-corrected chi connectivity index (χ3v) is 7.23. The highest BCUT2D eigenvalue weighted by Gasteiger charge is 2.30. The van der Waals surface area contributed by atoms with Crippen molar-refractivity contribution in [3.05, 3.63) is 84.6 Å². The molecule has 0 spiro atoms. The topological polar surface area (TPSA) is 128 Å². The normalized spacial score (nSPS) is 13.0. The summed E-state index contributed by atoms with van der Waals surface area (Å²) in [5.74, 6) is 4.42. The molecule has 45 heavy (non-hydrogen) atoms. The second kappa shape index (κ2) is 15.4. The number of aromatic nitrogens is 2. The number of nitrogens with one attached hydrogen (secondary N) is 4.